The van der Waals surface area contributed by atoms with Crippen LogP contribution in [-0.2, 0) is 11.2 Å². The van der Waals surface area contributed by atoms with Crippen LogP contribution in [0.15, 0.2) is 18.2 Å². The van der Waals surface area contributed by atoms with E-state index >= 15 is 0 Å². The molecular weight excluding hydrogens is 201 g/mol. The topological polar surface area (TPSA) is 37.4 Å². The molecule has 0 atom stereocenters. The second-order valence-corrected chi connectivity index (χ2v) is 4.10. The van der Waals surface area contributed by atoms with Gasteiger partial charge in [0.15, 0.2) is 0 Å². The number of hydrogen-bond donors (Lipinski definition) is 0. The van der Waals surface area contributed by atoms with Crippen LogP contribution in [-0.4, -0.2) is 37.5 Å². The molecule has 0 aromatic heterocycles. The Hall–Kier alpha value is -1.58. The largest absolute Gasteiger partial charge is 0.331 e. The van der Waals surface area contributed by atoms with E-state index < -0.39 is 0 Å². The van der Waals surface area contributed by atoms with Gasteiger partial charge in [-0.2, -0.15) is 0 Å². The van der Waals surface area contributed by atoms with Gasteiger partial charge in [-0.1, -0.05) is 17.6 Å². The highest BCUT2D eigenvalue weighted by molar-refractivity contribution is 6.32. The van der Waals surface area contributed by atoms with E-state index in [1.165, 1.54) is 6.92 Å². The van der Waals surface area contributed by atoms with Gasteiger partial charge < -0.3 is 4.90 Å². The fourth-order valence-electron chi connectivity index (χ4n) is 1.98. The second-order valence-electron chi connectivity index (χ2n) is 4.10. The van der Waals surface area contributed by atoms with Gasteiger partial charge in [-0.25, -0.2) is 0 Å². The van der Waals surface area contributed by atoms with Crippen molar-refractivity contribution in [2.75, 3.05) is 13.1 Å². The van der Waals surface area contributed by atoms with Gasteiger partial charge >= 0.3 is 0 Å². The number of fused-ring (bicyclic) bond motifs is 1. The van der Waals surface area contributed by atoms with E-state index in [1.807, 2.05) is 6.07 Å². The smallest absolute Gasteiger partial charge is 0.254 e. The molecule has 1 aliphatic heterocycles. The van der Waals surface area contributed by atoms with Crippen molar-refractivity contribution in [1.29, 1.82) is 0 Å². The van der Waals surface area contributed by atoms with Crippen LogP contribution in [0.2, 0.25) is 0 Å². The fraction of sp³-hybridized carbons (Fsp3) is 0.333. The molecule has 0 unspecified atom stereocenters. The lowest BCUT2D eigenvalue weighted by atomic mass is 9.89. The number of ketones is 1. The molecule has 80 valence electrons. The molecule has 1 heterocycles. The van der Waals surface area contributed by atoms with E-state index in [4.69, 9.17) is 7.85 Å². The summed E-state index contributed by atoms with van der Waals surface area (Å²) in [7, 11) is 5.66. The Bertz CT molecular complexity index is 456. The maximum atomic E-state index is 12.0. The van der Waals surface area contributed by atoms with Gasteiger partial charge in [0.25, 0.3) is 5.91 Å². The molecule has 0 bridgehead atoms. The van der Waals surface area contributed by atoms with E-state index in [0.29, 0.717) is 17.6 Å². The Morgan fingerprint density at radius 1 is 1.50 bits per heavy atom. The molecule has 1 aromatic carbocycles. The maximum Gasteiger partial charge on any atom is 0.254 e. The van der Waals surface area contributed by atoms with E-state index in [-0.39, 0.29) is 18.2 Å². The van der Waals surface area contributed by atoms with Crippen LogP contribution in [0.1, 0.15) is 22.8 Å². The SMILES string of the molecule is [B]c1ccc2c(c1)CCN(CC(C)=O)C2=O. The third-order valence-corrected chi connectivity index (χ3v) is 2.71. The molecule has 0 N–H and O–H groups in total. The summed E-state index contributed by atoms with van der Waals surface area (Å²) in [6.07, 6.45) is 0.763. The molecule has 4 heteroatoms. The predicted molar refractivity (Wildman–Crippen MR) is 62.1 cm³/mol. The first-order valence-corrected chi connectivity index (χ1v) is 5.25. The minimum absolute atomic E-state index is 0.00671. The first kappa shape index (κ1) is 10.9. The first-order valence-electron chi connectivity index (χ1n) is 5.25. The number of amides is 1. The van der Waals surface area contributed by atoms with Crippen LogP contribution >= 0.6 is 0 Å². The zero-order valence-electron chi connectivity index (χ0n) is 9.19. The summed E-state index contributed by atoms with van der Waals surface area (Å²) in [5, 5.41) is 0. The number of hydrogen-bond acceptors (Lipinski definition) is 2. The summed E-state index contributed by atoms with van der Waals surface area (Å²) < 4.78 is 0. The standard InChI is InChI=1S/C12H12BNO2/c1-8(15)7-14-5-4-9-6-10(13)2-3-11(9)12(14)16/h2-3,6H,4-5,7H2,1H3. The average Bonchev–Trinajstić information content (AvgIpc) is 2.22. The van der Waals surface area contributed by atoms with Crippen molar-refractivity contribution in [1.82, 2.24) is 4.90 Å². The van der Waals surface area contributed by atoms with Crippen LogP contribution in [0.25, 0.3) is 0 Å². The predicted octanol–water partition coefficient (Wildman–Crippen LogP) is 0.0677. The second kappa shape index (κ2) is 4.12. The lowest BCUT2D eigenvalue weighted by molar-refractivity contribution is -0.117. The number of nitrogens with zero attached hydrogens (tertiary/aromatic N) is 1. The van der Waals surface area contributed by atoms with Crippen molar-refractivity contribution >= 4 is 25.0 Å². The Labute approximate surface area is 95.8 Å². The van der Waals surface area contributed by atoms with E-state index in [9.17, 15) is 9.59 Å². The molecule has 3 nitrogen and oxygen atoms in total. The van der Waals surface area contributed by atoms with Crippen molar-refractivity contribution in [2.24, 2.45) is 0 Å². The zero-order chi connectivity index (χ0) is 11.7. The van der Waals surface area contributed by atoms with Crippen molar-refractivity contribution in [2.45, 2.75) is 13.3 Å². The number of carbonyl (C=O) groups excluding carboxylic acids is 2. The van der Waals surface area contributed by atoms with Gasteiger partial charge in [0.1, 0.15) is 13.6 Å². The van der Waals surface area contributed by atoms with Gasteiger partial charge in [-0.15, -0.1) is 0 Å². The van der Waals surface area contributed by atoms with Crippen LogP contribution in [0.5, 0.6) is 0 Å². The molecule has 2 radical (unpaired) electrons. The molecular formula is C12H12BNO2. The quantitative estimate of drug-likeness (QED) is 0.652. The molecule has 0 saturated carbocycles. The maximum absolute atomic E-state index is 12.0. The third kappa shape index (κ3) is 2.01. The molecule has 1 aromatic rings. The van der Waals surface area contributed by atoms with E-state index in [0.717, 1.165) is 12.0 Å². The number of benzene rings is 1. The van der Waals surface area contributed by atoms with Gasteiger partial charge in [-0.3, -0.25) is 9.59 Å². The van der Waals surface area contributed by atoms with Crippen molar-refractivity contribution in [3.63, 3.8) is 0 Å². The molecule has 0 saturated heterocycles. The number of carbonyl (C=O) groups is 2. The highest BCUT2D eigenvalue weighted by atomic mass is 16.2. The minimum atomic E-state index is -0.0727. The Morgan fingerprint density at radius 2 is 2.25 bits per heavy atom. The van der Waals surface area contributed by atoms with Crippen molar-refractivity contribution < 1.29 is 9.59 Å². The summed E-state index contributed by atoms with van der Waals surface area (Å²) in [5.74, 6) is -0.0660. The Kier molecular flexibility index (Phi) is 2.81. The highest BCUT2D eigenvalue weighted by Crippen LogP contribution is 2.17. The lowest BCUT2D eigenvalue weighted by Gasteiger charge is -2.27. The van der Waals surface area contributed by atoms with Gasteiger partial charge in [-0.05, 0) is 25.0 Å². The molecule has 0 aliphatic carbocycles. The fourth-order valence-corrected chi connectivity index (χ4v) is 1.98. The number of rotatable bonds is 2. The van der Waals surface area contributed by atoms with Crippen LogP contribution < -0.4 is 5.46 Å². The Balaban J connectivity index is 2.29. The molecule has 0 spiro atoms. The molecule has 1 aliphatic rings. The summed E-state index contributed by atoms with van der Waals surface area (Å²) in [5.41, 5.74) is 2.32. The average molecular weight is 213 g/mol. The van der Waals surface area contributed by atoms with E-state index in [2.05, 4.69) is 0 Å². The summed E-state index contributed by atoms with van der Waals surface area (Å²) in [6, 6.07) is 5.28. The molecule has 2 rings (SSSR count). The monoisotopic (exact) mass is 213 g/mol. The first-order chi connectivity index (χ1) is 7.58. The van der Waals surface area contributed by atoms with Gasteiger partial charge in [0.05, 0.1) is 6.54 Å². The van der Waals surface area contributed by atoms with Crippen molar-refractivity contribution in [3.8, 4) is 0 Å². The molecule has 1 amide bonds. The van der Waals surface area contributed by atoms with Gasteiger partial charge in [0.2, 0.25) is 0 Å². The minimum Gasteiger partial charge on any atom is -0.331 e. The molecule has 0 fully saturated rings. The normalized spacial score (nSPS) is 14.8. The van der Waals surface area contributed by atoms with Crippen LogP contribution in [0.4, 0.5) is 0 Å². The highest BCUT2D eigenvalue weighted by Gasteiger charge is 2.24. The molecule has 16 heavy (non-hydrogen) atoms. The van der Waals surface area contributed by atoms with Crippen LogP contribution in [0, 0.1) is 0 Å². The Morgan fingerprint density at radius 3 is 2.94 bits per heavy atom. The lowest BCUT2D eigenvalue weighted by Crippen LogP contribution is -2.40. The summed E-state index contributed by atoms with van der Waals surface area (Å²) in [4.78, 5) is 24.6. The zero-order valence-corrected chi connectivity index (χ0v) is 9.19. The third-order valence-electron chi connectivity index (χ3n) is 2.71. The number of Topliss-reactive ketones (excluding diaryl/α,β-unsaturated/α-hetero) is 1. The van der Waals surface area contributed by atoms with Crippen molar-refractivity contribution in [3.05, 3.63) is 29.3 Å². The summed E-state index contributed by atoms with van der Waals surface area (Å²) in [6.45, 7) is 2.28. The van der Waals surface area contributed by atoms with Crippen LogP contribution in [0.3, 0.4) is 0 Å². The summed E-state index contributed by atoms with van der Waals surface area (Å²) >= 11 is 0. The van der Waals surface area contributed by atoms with Gasteiger partial charge in [0, 0.05) is 12.1 Å². The van der Waals surface area contributed by atoms with E-state index in [1.54, 1.807) is 17.0 Å².